The zero-order valence-electron chi connectivity index (χ0n) is 5.85. The maximum atomic E-state index is 10.3. The zero-order valence-corrected chi connectivity index (χ0v) is 5.85. The smallest absolute Gasteiger partial charge is 0.143 e. The molecule has 2 N–H and O–H groups in total. The number of nitrogens with one attached hydrogen (secondary N) is 1. The van der Waals surface area contributed by atoms with E-state index in [1.165, 1.54) is 6.92 Å². The Hall–Kier alpha value is -0.410. The van der Waals surface area contributed by atoms with E-state index in [1.54, 1.807) is 0 Å². The minimum Gasteiger partial charge on any atom is -0.395 e. The zero-order chi connectivity index (χ0) is 7.28. The Morgan fingerprint density at radius 1 is 1.78 bits per heavy atom. The summed E-state index contributed by atoms with van der Waals surface area (Å²) in [6.45, 7) is 3.76. The lowest BCUT2D eigenvalue weighted by atomic mass is 10.3. The van der Waals surface area contributed by atoms with Crippen molar-refractivity contribution >= 4 is 5.78 Å². The van der Waals surface area contributed by atoms with Gasteiger partial charge in [0.05, 0.1) is 13.2 Å². The highest BCUT2D eigenvalue weighted by atomic mass is 16.3. The second-order valence-electron chi connectivity index (χ2n) is 2.17. The lowest BCUT2D eigenvalue weighted by molar-refractivity contribution is -0.116. The normalized spacial score (nSPS) is 13.2. The summed E-state index contributed by atoms with van der Waals surface area (Å²) in [5.41, 5.74) is 0. The topological polar surface area (TPSA) is 49.3 Å². The highest BCUT2D eigenvalue weighted by molar-refractivity contribution is 5.77. The van der Waals surface area contributed by atoms with Crippen molar-refractivity contribution in [1.29, 1.82) is 0 Å². The van der Waals surface area contributed by atoms with Crippen molar-refractivity contribution < 1.29 is 9.90 Å². The molecule has 1 atom stereocenters. The Bertz CT molecular complexity index is 93.1. The van der Waals surface area contributed by atoms with Crippen molar-refractivity contribution in [1.82, 2.24) is 5.32 Å². The van der Waals surface area contributed by atoms with Crippen molar-refractivity contribution in [2.75, 3.05) is 13.2 Å². The molecule has 0 aromatic heterocycles. The second-order valence-corrected chi connectivity index (χ2v) is 2.17. The van der Waals surface area contributed by atoms with E-state index in [4.69, 9.17) is 5.11 Å². The largest absolute Gasteiger partial charge is 0.395 e. The number of aliphatic hydroxyl groups excluding tert-OH is 1. The minimum absolute atomic E-state index is 0.0221. The Kier molecular flexibility index (Phi) is 4.26. The van der Waals surface area contributed by atoms with Gasteiger partial charge in [-0.2, -0.15) is 0 Å². The average Bonchev–Trinajstić information content (AvgIpc) is 1.83. The molecular formula is C6H13NO2. The van der Waals surface area contributed by atoms with E-state index >= 15 is 0 Å². The summed E-state index contributed by atoms with van der Waals surface area (Å²) >= 11 is 0. The van der Waals surface area contributed by atoms with Crippen molar-refractivity contribution in [3.63, 3.8) is 0 Å². The SMILES string of the molecule is CC(=O)CNC(C)CO. The summed E-state index contributed by atoms with van der Waals surface area (Å²) in [5.74, 6) is 0.0929. The summed E-state index contributed by atoms with van der Waals surface area (Å²) in [5, 5.41) is 11.3. The Balaban J connectivity index is 3.16. The van der Waals surface area contributed by atoms with Gasteiger partial charge in [0.1, 0.15) is 5.78 Å². The molecule has 1 unspecified atom stereocenters. The van der Waals surface area contributed by atoms with Crippen LogP contribution < -0.4 is 5.32 Å². The summed E-state index contributed by atoms with van der Waals surface area (Å²) in [6, 6.07) is 0.0221. The van der Waals surface area contributed by atoms with Gasteiger partial charge in [-0.15, -0.1) is 0 Å². The molecule has 0 saturated carbocycles. The quantitative estimate of drug-likeness (QED) is 0.543. The van der Waals surface area contributed by atoms with Crippen LogP contribution in [0.1, 0.15) is 13.8 Å². The van der Waals surface area contributed by atoms with Crippen LogP contribution in [0.4, 0.5) is 0 Å². The molecule has 0 spiro atoms. The van der Waals surface area contributed by atoms with Crippen LogP contribution in [0.25, 0.3) is 0 Å². The first-order valence-corrected chi connectivity index (χ1v) is 3.00. The Morgan fingerprint density at radius 2 is 2.33 bits per heavy atom. The van der Waals surface area contributed by atoms with Gasteiger partial charge < -0.3 is 10.4 Å². The average molecular weight is 131 g/mol. The van der Waals surface area contributed by atoms with Crippen LogP contribution in [-0.2, 0) is 4.79 Å². The van der Waals surface area contributed by atoms with Gasteiger partial charge in [-0.05, 0) is 13.8 Å². The predicted molar refractivity (Wildman–Crippen MR) is 35.2 cm³/mol. The second kappa shape index (κ2) is 4.47. The third-order valence-corrected chi connectivity index (χ3v) is 0.973. The van der Waals surface area contributed by atoms with Crippen molar-refractivity contribution in [3.05, 3.63) is 0 Å². The van der Waals surface area contributed by atoms with E-state index in [0.717, 1.165) is 0 Å². The number of Topliss-reactive ketones (excluding diaryl/α,β-unsaturated/α-hetero) is 1. The van der Waals surface area contributed by atoms with Gasteiger partial charge in [-0.25, -0.2) is 0 Å². The number of ketones is 1. The molecule has 0 aliphatic rings. The molecular weight excluding hydrogens is 118 g/mol. The van der Waals surface area contributed by atoms with Gasteiger partial charge in [0.25, 0.3) is 0 Å². The molecule has 0 fully saturated rings. The lowest BCUT2D eigenvalue weighted by Gasteiger charge is -2.07. The number of hydrogen-bond donors (Lipinski definition) is 2. The summed E-state index contributed by atoms with van der Waals surface area (Å²) in [6.07, 6.45) is 0. The highest BCUT2D eigenvalue weighted by Gasteiger charge is 1.98. The molecule has 0 saturated heterocycles. The molecule has 0 aromatic carbocycles. The van der Waals surface area contributed by atoms with Crippen LogP contribution in [-0.4, -0.2) is 30.1 Å². The molecule has 0 bridgehead atoms. The van der Waals surface area contributed by atoms with Gasteiger partial charge in [-0.1, -0.05) is 0 Å². The first-order chi connectivity index (χ1) is 4.16. The maximum Gasteiger partial charge on any atom is 0.143 e. The molecule has 0 aromatic rings. The number of aliphatic hydroxyl groups is 1. The first kappa shape index (κ1) is 8.59. The maximum absolute atomic E-state index is 10.3. The van der Waals surface area contributed by atoms with Gasteiger partial charge in [0, 0.05) is 6.04 Å². The van der Waals surface area contributed by atoms with Crippen LogP contribution >= 0.6 is 0 Å². The summed E-state index contributed by atoms with van der Waals surface area (Å²) in [7, 11) is 0. The molecule has 3 nitrogen and oxygen atoms in total. The number of hydrogen-bond acceptors (Lipinski definition) is 3. The molecule has 0 aliphatic carbocycles. The van der Waals surface area contributed by atoms with Gasteiger partial charge in [-0.3, -0.25) is 4.79 Å². The standard InChI is InChI=1S/C6H13NO2/c1-5(4-8)7-3-6(2)9/h5,7-8H,3-4H2,1-2H3. The first-order valence-electron chi connectivity index (χ1n) is 3.00. The van der Waals surface area contributed by atoms with E-state index in [0.29, 0.717) is 6.54 Å². The summed E-state index contributed by atoms with van der Waals surface area (Å²) < 4.78 is 0. The molecule has 3 heteroatoms. The van der Waals surface area contributed by atoms with Crippen molar-refractivity contribution in [2.24, 2.45) is 0 Å². The van der Waals surface area contributed by atoms with E-state index in [9.17, 15) is 4.79 Å². The highest BCUT2D eigenvalue weighted by Crippen LogP contribution is 1.76. The van der Waals surface area contributed by atoms with E-state index in [-0.39, 0.29) is 18.4 Å². The van der Waals surface area contributed by atoms with Crippen LogP contribution in [0.5, 0.6) is 0 Å². The molecule has 0 aliphatic heterocycles. The van der Waals surface area contributed by atoms with Gasteiger partial charge in [0.15, 0.2) is 0 Å². The fraction of sp³-hybridized carbons (Fsp3) is 0.833. The van der Waals surface area contributed by atoms with Gasteiger partial charge in [0.2, 0.25) is 0 Å². The minimum atomic E-state index is 0.0221. The molecule has 0 heterocycles. The predicted octanol–water partition coefficient (Wildman–Crippen LogP) is -0.454. The lowest BCUT2D eigenvalue weighted by Crippen LogP contribution is -2.32. The van der Waals surface area contributed by atoms with E-state index < -0.39 is 0 Å². The number of carbonyl (C=O) groups excluding carboxylic acids is 1. The van der Waals surface area contributed by atoms with Crippen LogP contribution in [0.2, 0.25) is 0 Å². The summed E-state index contributed by atoms with van der Waals surface area (Å²) in [4.78, 5) is 10.3. The van der Waals surface area contributed by atoms with Crippen molar-refractivity contribution in [2.45, 2.75) is 19.9 Å². The van der Waals surface area contributed by atoms with Crippen LogP contribution in [0.15, 0.2) is 0 Å². The molecule has 0 amide bonds. The number of rotatable bonds is 4. The van der Waals surface area contributed by atoms with E-state index in [1.807, 2.05) is 6.92 Å². The van der Waals surface area contributed by atoms with Crippen LogP contribution in [0.3, 0.4) is 0 Å². The molecule has 9 heavy (non-hydrogen) atoms. The van der Waals surface area contributed by atoms with Gasteiger partial charge >= 0.3 is 0 Å². The fourth-order valence-electron chi connectivity index (χ4n) is 0.383. The van der Waals surface area contributed by atoms with Crippen LogP contribution in [0, 0.1) is 0 Å². The van der Waals surface area contributed by atoms with E-state index in [2.05, 4.69) is 5.32 Å². The Morgan fingerprint density at radius 3 is 2.67 bits per heavy atom. The monoisotopic (exact) mass is 131 g/mol. The molecule has 0 rings (SSSR count). The molecule has 0 radical (unpaired) electrons. The van der Waals surface area contributed by atoms with Crippen molar-refractivity contribution in [3.8, 4) is 0 Å². The third-order valence-electron chi connectivity index (χ3n) is 0.973. The molecule has 54 valence electrons. The number of carbonyl (C=O) groups is 1. The Labute approximate surface area is 55.1 Å². The fourth-order valence-corrected chi connectivity index (χ4v) is 0.383. The third kappa shape index (κ3) is 5.46.